The summed E-state index contributed by atoms with van der Waals surface area (Å²) in [6.45, 7) is 2.95. The molecule has 0 bridgehead atoms. The van der Waals surface area contributed by atoms with Crippen molar-refractivity contribution < 1.29 is 0 Å². The molecule has 17 heavy (non-hydrogen) atoms. The molecular weight excluding hydrogens is 230 g/mol. The van der Waals surface area contributed by atoms with Crippen LogP contribution < -0.4 is 5.32 Å². The molecule has 2 rings (SSSR count). The first-order chi connectivity index (χ1) is 8.29. The highest BCUT2D eigenvalue weighted by Crippen LogP contribution is 2.17. The summed E-state index contributed by atoms with van der Waals surface area (Å²) in [6.07, 6.45) is 2.56. The maximum atomic E-state index is 8.68. The number of hydrogen-bond acceptors (Lipinski definition) is 4. The maximum absolute atomic E-state index is 8.68. The molecule has 0 spiro atoms. The van der Waals surface area contributed by atoms with Crippen molar-refractivity contribution >= 4 is 16.5 Å². The molecule has 86 valence electrons. The molecule has 0 unspecified atom stereocenters. The second-order valence-corrected chi connectivity index (χ2v) is 4.78. The SMILES string of the molecule is Cc1ccccc1CCNc1ncc(C#N)s1. The van der Waals surface area contributed by atoms with Crippen molar-refractivity contribution in [2.24, 2.45) is 0 Å². The van der Waals surface area contributed by atoms with Crippen molar-refractivity contribution in [3.8, 4) is 6.07 Å². The molecule has 0 saturated carbocycles. The maximum Gasteiger partial charge on any atom is 0.183 e. The first-order valence-electron chi connectivity index (χ1n) is 5.44. The Labute approximate surface area is 105 Å². The molecule has 1 aromatic carbocycles. The number of hydrogen-bond donors (Lipinski definition) is 1. The van der Waals surface area contributed by atoms with Gasteiger partial charge in [-0.3, -0.25) is 0 Å². The summed E-state index contributed by atoms with van der Waals surface area (Å²) >= 11 is 1.39. The summed E-state index contributed by atoms with van der Waals surface area (Å²) in [7, 11) is 0. The van der Waals surface area contributed by atoms with Gasteiger partial charge in [0.25, 0.3) is 0 Å². The van der Waals surface area contributed by atoms with Crippen LogP contribution in [0.5, 0.6) is 0 Å². The van der Waals surface area contributed by atoms with Crippen LogP contribution in [0, 0.1) is 18.3 Å². The quantitative estimate of drug-likeness (QED) is 0.898. The van der Waals surface area contributed by atoms with Crippen LogP contribution in [-0.2, 0) is 6.42 Å². The van der Waals surface area contributed by atoms with Crippen LogP contribution in [0.2, 0.25) is 0 Å². The van der Waals surface area contributed by atoms with E-state index in [1.807, 2.05) is 6.07 Å². The van der Waals surface area contributed by atoms with E-state index >= 15 is 0 Å². The van der Waals surface area contributed by atoms with Gasteiger partial charge in [-0.05, 0) is 24.5 Å². The van der Waals surface area contributed by atoms with Crippen LogP contribution in [0.4, 0.5) is 5.13 Å². The highest BCUT2D eigenvalue weighted by atomic mass is 32.1. The molecular formula is C13H13N3S. The zero-order valence-corrected chi connectivity index (χ0v) is 10.4. The molecule has 0 aliphatic rings. The van der Waals surface area contributed by atoms with Crippen molar-refractivity contribution in [3.63, 3.8) is 0 Å². The van der Waals surface area contributed by atoms with Gasteiger partial charge >= 0.3 is 0 Å². The zero-order chi connectivity index (χ0) is 12.1. The largest absolute Gasteiger partial charge is 0.361 e. The van der Waals surface area contributed by atoms with E-state index in [1.54, 1.807) is 6.20 Å². The third-order valence-corrected chi connectivity index (χ3v) is 3.41. The van der Waals surface area contributed by atoms with E-state index in [2.05, 4.69) is 41.5 Å². The number of aryl methyl sites for hydroxylation is 1. The normalized spacial score (nSPS) is 9.88. The third kappa shape index (κ3) is 3.05. The Balaban J connectivity index is 1.88. The first-order valence-corrected chi connectivity index (χ1v) is 6.25. The van der Waals surface area contributed by atoms with E-state index in [-0.39, 0.29) is 0 Å². The van der Waals surface area contributed by atoms with Gasteiger partial charge < -0.3 is 5.32 Å². The van der Waals surface area contributed by atoms with E-state index in [0.29, 0.717) is 4.88 Å². The summed E-state index contributed by atoms with van der Waals surface area (Å²) in [5, 5.41) is 12.7. The number of aromatic nitrogens is 1. The first kappa shape index (κ1) is 11.6. The van der Waals surface area contributed by atoms with Crippen LogP contribution in [0.1, 0.15) is 16.0 Å². The summed E-state index contributed by atoms with van der Waals surface area (Å²) in [5.74, 6) is 0. The zero-order valence-electron chi connectivity index (χ0n) is 9.60. The van der Waals surface area contributed by atoms with Gasteiger partial charge in [0, 0.05) is 6.54 Å². The van der Waals surface area contributed by atoms with Gasteiger partial charge in [-0.2, -0.15) is 5.26 Å². The molecule has 1 aromatic heterocycles. The van der Waals surface area contributed by atoms with E-state index in [1.165, 1.54) is 22.5 Å². The average molecular weight is 243 g/mol. The number of nitrogens with zero attached hydrogens (tertiary/aromatic N) is 2. The fourth-order valence-electron chi connectivity index (χ4n) is 1.60. The third-order valence-electron chi connectivity index (χ3n) is 2.55. The Morgan fingerprint density at radius 2 is 2.24 bits per heavy atom. The molecule has 0 fully saturated rings. The molecule has 0 radical (unpaired) electrons. The number of nitrogens with one attached hydrogen (secondary N) is 1. The van der Waals surface area contributed by atoms with Gasteiger partial charge in [0.2, 0.25) is 0 Å². The molecule has 0 saturated heterocycles. The van der Waals surface area contributed by atoms with Gasteiger partial charge in [0.05, 0.1) is 6.20 Å². The van der Waals surface area contributed by atoms with Crippen molar-refractivity contribution in [3.05, 3.63) is 46.5 Å². The Hall–Kier alpha value is -1.86. The lowest BCUT2D eigenvalue weighted by Gasteiger charge is -2.05. The second kappa shape index (κ2) is 5.46. The fourth-order valence-corrected chi connectivity index (χ4v) is 2.24. The summed E-state index contributed by atoms with van der Waals surface area (Å²) in [5.41, 5.74) is 2.66. The van der Waals surface area contributed by atoms with E-state index < -0.39 is 0 Å². The van der Waals surface area contributed by atoms with Gasteiger partial charge in [-0.15, -0.1) is 0 Å². The lowest BCUT2D eigenvalue weighted by atomic mass is 10.1. The smallest absolute Gasteiger partial charge is 0.183 e. The average Bonchev–Trinajstić information content (AvgIpc) is 2.80. The van der Waals surface area contributed by atoms with Crippen LogP contribution >= 0.6 is 11.3 Å². The number of benzene rings is 1. The van der Waals surface area contributed by atoms with Gasteiger partial charge in [0.15, 0.2) is 5.13 Å². The number of anilines is 1. The highest BCUT2D eigenvalue weighted by molar-refractivity contribution is 7.16. The number of rotatable bonds is 4. The molecule has 4 heteroatoms. The number of nitriles is 1. The van der Waals surface area contributed by atoms with E-state index in [0.717, 1.165) is 18.1 Å². The Bertz CT molecular complexity index is 540. The van der Waals surface area contributed by atoms with Crippen LogP contribution in [0.25, 0.3) is 0 Å². The molecule has 0 atom stereocenters. The molecule has 3 nitrogen and oxygen atoms in total. The molecule has 2 aromatic rings. The minimum absolute atomic E-state index is 0.642. The minimum Gasteiger partial charge on any atom is -0.361 e. The Morgan fingerprint density at radius 1 is 1.41 bits per heavy atom. The second-order valence-electron chi connectivity index (χ2n) is 3.74. The lowest BCUT2D eigenvalue weighted by molar-refractivity contribution is 1.00. The van der Waals surface area contributed by atoms with Gasteiger partial charge in [-0.1, -0.05) is 35.6 Å². The van der Waals surface area contributed by atoms with E-state index in [9.17, 15) is 0 Å². The van der Waals surface area contributed by atoms with Gasteiger partial charge in [0.1, 0.15) is 10.9 Å². The van der Waals surface area contributed by atoms with Crippen molar-refractivity contribution in [2.45, 2.75) is 13.3 Å². The van der Waals surface area contributed by atoms with E-state index in [4.69, 9.17) is 5.26 Å². The molecule has 0 amide bonds. The summed E-state index contributed by atoms with van der Waals surface area (Å²) in [4.78, 5) is 4.77. The Morgan fingerprint density at radius 3 is 2.94 bits per heavy atom. The summed E-state index contributed by atoms with van der Waals surface area (Å²) in [6, 6.07) is 10.4. The predicted molar refractivity (Wildman–Crippen MR) is 70.2 cm³/mol. The molecule has 1 heterocycles. The van der Waals surface area contributed by atoms with Crippen molar-refractivity contribution in [2.75, 3.05) is 11.9 Å². The standard InChI is InChI=1S/C13H13N3S/c1-10-4-2-3-5-11(10)6-7-15-13-16-9-12(8-14)17-13/h2-5,9H,6-7H2,1H3,(H,15,16). The molecule has 1 N–H and O–H groups in total. The molecule has 0 aliphatic carbocycles. The lowest BCUT2D eigenvalue weighted by Crippen LogP contribution is -2.05. The van der Waals surface area contributed by atoms with Crippen LogP contribution in [-0.4, -0.2) is 11.5 Å². The minimum atomic E-state index is 0.642. The fraction of sp³-hybridized carbons (Fsp3) is 0.231. The summed E-state index contributed by atoms with van der Waals surface area (Å²) < 4.78 is 0. The highest BCUT2D eigenvalue weighted by Gasteiger charge is 2.01. The van der Waals surface area contributed by atoms with Crippen LogP contribution in [0.3, 0.4) is 0 Å². The van der Waals surface area contributed by atoms with Gasteiger partial charge in [-0.25, -0.2) is 4.98 Å². The monoisotopic (exact) mass is 243 g/mol. The van der Waals surface area contributed by atoms with Crippen molar-refractivity contribution in [1.29, 1.82) is 5.26 Å². The Kier molecular flexibility index (Phi) is 3.73. The predicted octanol–water partition coefficient (Wildman–Crippen LogP) is 2.98. The number of thiazole rings is 1. The van der Waals surface area contributed by atoms with Crippen molar-refractivity contribution in [1.82, 2.24) is 4.98 Å². The topological polar surface area (TPSA) is 48.7 Å². The molecule has 0 aliphatic heterocycles. The van der Waals surface area contributed by atoms with Crippen LogP contribution in [0.15, 0.2) is 30.5 Å².